The van der Waals surface area contributed by atoms with Crippen LogP contribution in [-0.4, -0.2) is 39.5 Å². The van der Waals surface area contributed by atoms with Crippen LogP contribution in [0, 0.1) is 6.92 Å². The average Bonchev–Trinajstić information content (AvgIpc) is 2.97. The Morgan fingerprint density at radius 3 is 2.70 bits per heavy atom. The monoisotopic (exact) mass is 314 g/mol. The first-order valence-corrected chi connectivity index (χ1v) is 7.64. The smallest absolute Gasteiger partial charge is 0.326 e. The van der Waals surface area contributed by atoms with Crippen molar-refractivity contribution in [2.24, 2.45) is 0 Å². The van der Waals surface area contributed by atoms with Gasteiger partial charge in [-0.1, -0.05) is 18.2 Å². The topological polar surface area (TPSA) is 83.6 Å². The van der Waals surface area contributed by atoms with Gasteiger partial charge in [0.1, 0.15) is 11.8 Å². The molecule has 1 saturated heterocycles. The second kappa shape index (κ2) is 6.24. The standard InChI is InChI=1S/C17H18N2O4/c1-11-14(18-15(23-11)12-7-3-2-4-8-12)16(20)19-10-6-5-9-13(19)17(21)22/h2-4,7-8,13H,5-6,9-10H2,1H3,(H,21,22)/t13-/m1/s1. The summed E-state index contributed by atoms with van der Waals surface area (Å²) in [6.45, 7) is 2.11. The zero-order chi connectivity index (χ0) is 16.4. The largest absolute Gasteiger partial charge is 0.480 e. The van der Waals surface area contributed by atoms with Crippen LogP contribution in [0.2, 0.25) is 0 Å². The first-order chi connectivity index (χ1) is 11.1. The number of nitrogens with zero attached hydrogens (tertiary/aromatic N) is 2. The minimum atomic E-state index is -0.970. The van der Waals surface area contributed by atoms with Crippen molar-refractivity contribution in [3.05, 3.63) is 41.8 Å². The molecule has 0 bridgehead atoms. The Bertz CT molecular complexity index is 723. The maximum Gasteiger partial charge on any atom is 0.326 e. The number of benzene rings is 1. The molecule has 1 amide bonds. The van der Waals surface area contributed by atoms with Crippen LogP contribution in [0.4, 0.5) is 0 Å². The first kappa shape index (κ1) is 15.3. The number of aliphatic carboxylic acids is 1. The molecule has 1 atom stereocenters. The molecular formula is C17H18N2O4. The average molecular weight is 314 g/mol. The summed E-state index contributed by atoms with van der Waals surface area (Å²) >= 11 is 0. The predicted molar refractivity (Wildman–Crippen MR) is 83.0 cm³/mol. The van der Waals surface area contributed by atoms with Gasteiger partial charge in [0.25, 0.3) is 5.91 Å². The Hall–Kier alpha value is -2.63. The number of amides is 1. The van der Waals surface area contributed by atoms with Gasteiger partial charge in [0.05, 0.1) is 0 Å². The molecular weight excluding hydrogens is 296 g/mol. The summed E-state index contributed by atoms with van der Waals surface area (Å²) in [5.41, 5.74) is 0.972. The lowest BCUT2D eigenvalue weighted by Gasteiger charge is -2.32. The van der Waals surface area contributed by atoms with Crippen molar-refractivity contribution in [3.8, 4) is 11.5 Å². The van der Waals surface area contributed by atoms with E-state index in [9.17, 15) is 14.7 Å². The molecule has 1 aliphatic heterocycles. The van der Waals surface area contributed by atoms with Gasteiger partial charge in [-0.25, -0.2) is 9.78 Å². The van der Waals surface area contributed by atoms with Gasteiger partial charge in [-0.15, -0.1) is 0 Å². The van der Waals surface area contributed by atoms with Gasteiger partial charge < -0.3 is 14.4 Å². The van der Waals surface area contributed by atoms with E-state index < -0.39 is 12.0 Å². The molecule has 6 nitrogen and oxygen atoms in total. The van der Waals surface area contributed by atoms with Gasteiger partial charge in [0.2, 0.25) is 5.89 Å². The summed E-state index contributed by atoms with van der Waals surface area (Å²) in [7, 11) is 0. The lowest BCUT2D eigenvalue weighted by Crippen LogP contribution is -2.48. The molecule has 0 spiro atoms. The van der Waals surface area contributed by atoms with E-state index in [-0.39, 0.29) is 11.6 Å². The predicted octanol–water partition coefficient (Wildman–Crippen LogP) is 2.73. The van der Waals surface area contributed by atoms with Crippen LogP contribution in [0.15, 0.2) is 34.7 Å². The quantitative estimate of drug-likeness (QED) is 0.941. The van der Waals surface area contributed by atoms with Crippen LogP contribution in [0.5, 0.6) is 0 Å². The van der Waals surface area contributed by atoms with Crippen molar-refractivity contribution in [3.63, 3.8) is 0 Å². The van der Waals surface area contributed by atoms with Crippen molar-refractivity contribution in [2.45, 2.75) is 32.2 Å². The van der Waals surface area contributed by atoms with E-state index in [1.165, 1.54) is 4.90 Å². The number of hydrogen-bond donors (Lipinski definition) is 1. The summed E-state index contributed by atoms with van der Waals surface area (Å²) in [5, 5.41) is 9.32. The van der Waals surface area contributed by atoms with E-state index in [4.69, 9.17) is 4.42 Å². The fourth-order valence-corrected chi connectivity index (χ4v) is 2.87. The number of carbonyl (C=O) groups excluding carboxylic acids is 1. The number of hydrogen-bond acceptors (Lipinski definition) is 4. The summed E-state index contributed by atoms with van der Waals surface area (Å²) in [6.07, 6.45) is 2.09. The van der Waals surface area contributed by atoms with Gasteiger partial charge in [0.15, 0.2) is 5.69 Å². The summed E-state index contributed by atoms with van der Waals surface area (Å²) < 4.78 is 5.60. The van der Waals surface area contributed by atoms with Gasteiger partial charge in [-0.3, -0.25) is 4.79 Å². The molecule has 23 heavy (non-hydrogen) atoms. The normalized spacial score (nSPS) is 18.0. The molecule has 3 rings (SSSR count). The molecule has 6 heteroatoms. The van der Waals surface area contributed by atoms with Gasteiger partial charge in [0, 0.05) is 12.1 Å². The van der Waals surface area contributed by atoms with Gasteiger partial charge in [-0.2, -0.15) is 0 Å². The van der Waals surface area contributed by atoms with E-state index in [1.54, 1.807) is 6.92 Å². The highest BCUT2D eigenvalue weighted by atomic mass is 16.4. The number of rotatable bonds is 3. The number of likely N-dealkylation sites (tertiary alicyclic amines) is 1. The zero-order valence-corrected chi connectivity index (χ0v) is 12.9. The highest BCUT2D eigenvalue weighted by molar-refractivity contribution is 5.96. The molecule has 1 aliphatic rings. The SMILES string of the molecule is Cc1oc(-c2ccccc2)nc1C(=O)N1CCCC[C@@H]1C(=O)O. The number of aryl methyl sites for hydroxylation is 1. The fraction of sp³-hybridized carbons (Fsp3) is 0.353. The second-order valence-corrected chi connectivity index (χ2v) is 5.64. The van der Waals surface area contributed by atoms with Gasteiger partial charge in [-0.05, 0) is 38.3 Å². The minimum absolute atomic E-state index is 0.192. The number of oxazole rings is 1. The van der Waals surface area contributed by atoms with E-state index in [1.807, 2.05) is 30.3 Å². The van der Waals surface area contributed by atoms with Gasteiger partial charge >= 0.3 is 5.97 Å². The number of carboxylic acids is 1. The third-order valence-corrected chi connectivity index (χ3v) is 4.07. The number of carboxylic acid groups (broad SMARTS) is 1. The molecule has 2 aromatic rings. The first-order valence-electron chi connectivity index (χ1n) is 7.64. The lowest BCUT2D eigenvalue weighted by molar-refractivity contribution is -0.143. The number of piperidine rings is 1. The molecule has 1 N–H and O–H groups in total. The highest BCUT2D eigenvalue weighted by Crippen LogP contribution is 2.25. The maximum atomic E-state index is 12.7. The van der Waals surface area contributed by atoms with Crippen LogP contribution in [0.25, 0.3) is 11.5 Å². The Balaban J connectivity index is 1.90. The van der Waals surface area contributed by atoms with Crippen LogP contribution in [0.1, 0.15) is 35.5 Å². The fourth-order valence-electron chi connectivity index (χ4n) is 2.87. The van der Waals surface area contributed by atoms with Crippen LogP contribution >= 0.6 is 0 Å². The van der Waals surface area contributed by atoms with E-state index in [0.717, 1.165) is 18.4 Å². The van der Waals surface area contributed by atoms with Crippen molar-refractivity contribution >= 4 is 11.9 Å². The molecule has 1 aromatic carbocycles. The molecule has 2 heterocycles. The minimum Gasteiger partial charge on any atom is -0.480 e. The molecule has 0 radical (unpaired) electrons. The Kier molecular flexibility index (Phi) is 4.14. The second-order valence-electron chi connectivity index (χ2n) is 5.64. The van der Waals surface area contributed by atoms with Crippen molar-refractivity contribution in [1.29, 1.82) is 0 Å². The molecule has 0 saturated carbocycles. The third-order valence-electron chi connectivity index (χ3n) is 4.07. The van der Waals surface area contributed by atoms with Crippen LogP contribution in [0.3, 0.4) is 0 Å². The van der Waals surface area contributed by atoms with E-state index >= 15 is 0 Å². The van der Waals surface area contributed by atoms with E-state index in [2.05, 4.69) is 4.98 Å². The Morgan fingerprint density at radius 2 is 2.00 bits per heavy atom. The Labute approximate surface area is 133 Å². The summed E-state index contributed by atoms with van der Waals surface area (Å²) in [5.74, 6) is -0.568. The van der Waals surface area contributed by atoms with Crippen molar-refractivity contribution in [2.75, 3.05) is 6.54 Å². The molecule has 120 valence electrons. The third kappa shape index (κ3) is 2.97. The number of aromatic nitrogens is 1. The highest BCUT2D eigenvalue weighted by Gasteiger charge is 2.34. The summed E-state index contributed by atoms with van der Waals surface area (Å²) in [4.78, 5) is 29.8. The van der Waals surface area contributed by atoms with Crippen molar-refractivity contribution in [1.82, 2.24) is 9.88 Å². The number of carbonyl (C=O) groups is 2. The molecule has 0 aliphatic carbocycles. The molecule has 0 unspecified atom stereocenters. The maximum absolute atomic E-state index is 12.7. The van der Waals surface area contributed by atoms with Crippen molar-refractivity contribution < 1.29 is 19.1 Å². The van der Waals surface area contributed by atoms with Crippen LogP contribution < -0.4 is 0 Å². The zero-order valence-electron chi connectivity index (χ0n) is 12.9. The lowest BCUT2D eigenvalue weighted by atomic mass is 10.0. The van der Waals surface area contributed by atoms with E-state index in [0.29, 0.717) is 24.6 Å². The summed E-state index contributed by atoms with van der Waals surface area (Å²) in [6, 6.07) is 8.52. The Morgan fingerprint density at radius 1 is 1.26 bits per heavy atom. The molecule has 1 fully saturated rings. The van der Waals surface area contributed by atoms with Crippen LogP contribution in [-0.2, 0) is 4.79 Å². The molecule has 1 aromatic heterocycles.